The Hall–Kier alpha value is -2.42. The van der Waals surface area contributed by atoms with E-state index in [9.17, 15) is 9.59 Å². The number of ketones is 1. The molecule has 0 radical (unpaired) electrons. The van der Waals surface area contributed by atoms with E-state index < -0.39 is 5.92 Å². The highest BCUT2D eigenvalue weighted by Gasteiger charge is 2.35. The molecule has 0 heterocycles. The van der Waals surface area contributed by atoms with Crippen LogP contribution in [0.2, 0.25) is 0 Å². The number of amides is 1. The second kappa shape index (κ2) is 5.29. The van der Waals surface area contributed by atoms with Crippen LogP contribution in [-0.2, 0) is 17.8 Å². The molecule has 1 aliphatic carbocycles. The molecular weight excluding hydrogens is 250 g/mol. The zero-order valence-corrected chi connectivity index (χ0v) is 11.0. The second-order valence-electron chi connectivity index (χ2n) is 4.98. The molecular formula is C17H15NO2. The van der Waals surface area contributed by atoms with Gasteiger partial charge in [-0.2, -0.15) is 0 Å². The fourth-order valence-corrected chi connectivity index (χ4v) is 2.56. The van der Waals surface area contributed by atoms with Crippen molar-refractivity contribution in [2.75, 3.05) is 0 Å². The van der Waals surface area contributed by atoms with E-state index >= 15 is 0 Å². The van der Waals surface area contributed by atoms with Crippen molar-refractivity contribution in [3.05, 3.63) is 71.3 Å². The minimum absolute atomic E-state index is 0.0637. The van der Waals surface area contributed by atoms with Crippen molar-refractivity contribution >= 4 is 11.7 Å². The maximum atomic E-state index is 12.2. The van der Waals surface area contributed by atoms with Crippen LogP contribution in [0.4, 0.5) is 0 Å². The summed E-state index contributed by atoms with van der Waals surface area (Å²) in [5.41, 5.74) is 2.69. The highest BCUT2D eigenvalue weighted by Crippen LogP contribution is 2.26. The lowest BCUT2D eigenvalue weighted by atomic mass is 10.0. The van der Waals surface area contributed by atoms with Crippen molar-refractivity contribution < 1.29 is 9.59 Å². The van der Waals surface area contributed by atoms with E-state index in [-0.39, 0.29) is 11.7 Å². The SMILES string of the molecule is O=C(NCc1ccccc1)[C@H]1Cc2ccccc2C1=O. The monoisotopic (exact) mass is 265 g/mol. The van der Waals surface area contributed by atoms with E-state index in [1.807, 2.05) is 48.5 Å². The summed E-state index contributed by atoms with van der Waals surface area (Å²) >= 11 is 0. The van der Waals surface area contributed by atoms with Crippen molar-refractivity contribution in [2.24, 2.45) is 5.92 Å². The van der Waals surface area contributed by atoms with Gasteiger partial charge in [0.2, 0.25) is 5.91 Å². The van der Waals surface area contributed by atoms with Crippen LogP contribution in [-0.4, -0.2) is 11.7 Å². The summed E-state index contributed by atoms with van der Waals surface area (Å²) in [7, 11) is 0. The van der Waals surface area contributed by atoms with Gasteiger partial charge in [-0.25, -0.2) is 0 Å². The Morgan fingerprint density at radius 1 is 1.05 bits per heavy atom. The summed E-state index contributed by atoms with van der Waals surface area (Å²) in [6.07, 6.45) is 0.510. The Morgan fingerprint density at radius 2 is 1.75 bits per heavy atom. The Balaban J connectivity index is 1.66. The molecule has 0 aliphatic heterocycles. The maximum Gasteiger partial charge on any atom is 0.231 e. The molecule has 0 saturated carbocycles. The number of benzene rings is 2. The zero-order chi connectivity index (χ0) is 13.9. The van der Waals surface area contributed by atoms with E-state index in [1.165, 1.54) is 0 Å². The Kier molecular flexibility index (Phi) is 3.33. The van der Waals surface area contributed by atoms with Gasteiger partial charge < -0.3 is 5.32 Å². The lowest BCUT2D eigenvalue weighted by Gasteiger charge is -2.09. The Labute approximate surface area is 117 Å². The van der Waals surface area contributed by atoms with Gasteiger partial charge >= 0.3 is 0 Å². The quantitative estimate of drug-likeness (QED) is 0.866. The van der Waals surface area contributed by atoms with Crippen LogP contribution >= 0.6 is 0 Å². The summed E-state index contributed by atoms with van der Waals surface area (Å²) < 4.78 is 0. The van der Waals surface area contributed by atoms with E-state index in [1.54, 1.807) is 6.07 Å². The Bertz CT molecular complexity index is 649. The van der Waals surface area contributed by atoms with E-state index in [0.717, 1.165) is 11.1 Å². The van der Waals surface area contributed by atoms with Gasteiger partial charge in [0.1, 0.15) is 5.92 Å². The third kappa shape index (κ3) is 2.35. The molecule has 0 aromatic heterocycles. The summed E-state index contributed by atoms with van der Waals surface area (Å²) in [6.45, 7) is 0.458. The molecule has 1 atom stereocenters. The molecule has 0 spiro atoms. The largest absolute Gasteiger partial charge is 0.351 e. The summed E-state index contributed by atoms with van der Waals surface area (Å²) in [6, 6.07) is 17.1. The average molecular weight is 265 g/mol. The van der Waals surface area contributed by atoms with Crippen molar-refractivity contribution in [2.45, 2.75) is 13.0 Å². The highest BCUT2D eigenvalue weighted by atomic mass is 16.2. The van der Waals surface area contributed by atoms with Crippen LogP contribution in [0.15, 0.2) is 54.6 Å². The predicted molar refractivity (Wildman–Crippen MR) is 76.3 cm³/mol. The average Bonchev–Trinajstić information content (AvgIpc) is 2.84. The number of Topliss-reactive ketones (excluding diaryl/α,β-unsaturated/α-hetero) is 1. The number of carbonyl (C=O) groups is 2. The number of nitrogens with one attached hydrogen (secondary N) is 1. The first-order valence-electron chi connectivity index (χ1n) is 6.69. The first-order valence-corrected chi connectivity index (χ1v) is 6.69. The molecule has 20 heavy (non-hydrogen) atoms. The van der Waals surface area contributed by atoms with Crippen molar-refractivity contribution in [3.63, 3.8) is 0 Å². The zero-order valence-electron chi connectivity index (χ0n) is 11.0. The van der Waals surface area contributed by atoms with Crippen LogP contribution in [0.1, 0.15) is 21.5 Å². The lowest BCUT2D eigenvalue weighted by Crippen LogP contribution is -2.33. The maximum absolute atomic E-state index is 12.2. The third-order valence-electron chi connectivity index (χ3n) is 3.65. The van der Waals surface area contributed by atoms with Crippen LogP contribution in [0.3, 0.4) is 0 Å². The number of carbonyl (C=O) groups excluding carboxylic acids is 2. The molecule has 0 unspecified atom stereocenters. The molecule has 1 aliphatic rings. The third-order valence-corrected chi connectivity index (χ3v) is 3.65. The molecule has 100 valence electrons. The fraction of sp³-hybridized carbons (Fsp3) is 0.176. The van der Waals surface area contributed by atoms with Gasteiger partial charge in [0, 0.05) is 12.1 Å². The molecule has 3 nitrogen and oxygen atoms in total. The number of hydrogen-bond donors (Lipinski definition) is 1. The molecule has 3 heteroatoms. The van der Waals surface area contributed by atoms with E-state index in [2.05, 4.69) is 5.32 Å². The van der Waals surface area contributed by atoms with Gasteiger partial charge in [-0.1, -0.05) is 54.6 Å². The first-order chi connectivity index (χ1) is 9.75. The minimum atomic E-state index is -0.573. The van der Waals surface area contributed by atoms with Crippen molar-refractivity contribution in [1.29, 1.82) is 0 Å². The molecule has 0 saturated heterocycles. The second-order valence-corrected chi connectivity index (χ2v) is 4.98. The Morgan fingerprint density at radius 3 is 2.50 bits per heavy atom. The summed E-state index contributed by atoms with van der Waals surface area (Å²) in [4.78, 5) is 24.4. The molecule has 0 fully saturated rings. The topological polar surface area (TPSA) is 46.2 Å². The fourth-order valence-electron chi connectivity index (χ4n) is 2.56. The number of rotatable bonds is 3. The van der Waals surface area contributed by atoms with Crippen LogP contribution < -0.4 is 5.32 Å². The smallest absolute Gasteiger partial charge is 0.231 e. The summed E-state index contributed by atoms with van der Waals surface area (Å²) in [5.74, 6) is -0.822. The first kappa shape index (κ1) is 12.6. The van der Waals surface area contributed by atoms with Gasteiger partial charge in [-0.15, -0.1) is 0 Å². The summed E-state index contributed by atoms with van der Waals surface area (Å²) in [5, 5.41) is 2.85. The lowest BCUT2D eigenvalue weighted by molar-refractivity contribution is -0.123. The van der Waals surface area contributed by atoms with Gasteiger partial charge in [0.05, 0.1) is 0 Å². The van der Waals surface area contributed by atoms with Gasteiger partial charge in [-0.3, -0.25) is 9.59 Å². The molecule has 2 aromatic rings. The van der Waals surface area contributed by atoms with E-state index in [0.29, 0.717) is 18.5 Å². The van der Waals surface area contributed by atoms with Gasteiger partial charge in [0.15, 0.2) is 5.78 Å². The number of hydrogen-bond acceptors (Lipinski definition) is 2. The van der Waals surface area contributed by atoms with Crippen LogP contribution in [0.25, 0.3) is 0 Å². The predicted octanol–water partition coefficient (Wildman–Crippen LogP) is 2.36. The van der Waals surface area contributed by atoms with Crippen molar-refractivity contribution in [1.82, 2.24) is 5.32 Å². The molecule has 2 aromatic carbocycles. The molecule has 1 amide bonds. The molecule has 3 rings (SSSR count). The minimum Gasteiger partial charge on any atom is -0.351 e. The molecule has 1 N–H and O–H groups in total. The van der Waals surface area contributed by atoms with Crippen molar-refractivity contribution in [3.8, 4) is 0 Å². The standard InChI is InChI=1S/C17H15NO2/c19-16-14-9-5-4-8-13(14)10-15(16)17(20)18-11-12-6-2-1-3-7-12/h1-9,15H,10-11H2,(H,18,20)/t15-/m0/s1. The van der Waals surface area contributed by atoms with Gasteiger partial charge in [-0.05, 0) is 17.5 Å². The molecule has 0 bridgehead atoms. The van der Waals surface area contributed by atoms with E-state index in [4.69, 9.17) is 0 Å². The number of fused-ring (bicyclic) bond motifs is 1. The van der Waals surface area contributed by atoms with Crippen LogP contribution in [0.5, 0.6) is 0 Å². The van der Waals surface area contributed by atoms with Gasteiger partial charge in [0.25, 0.3) is 0 Å². The highest BCUT2D eigenvalue weighted by molar-refractivity contribution is 6.13. The normalized spacial score (nSPS) is 16.8. The van der Waals surface area contributed by atoms with Crippen LogP contribution in [0, 0.1) is 5.92 Å².